The molecule has 4 N–H and O–H groups in total. The van der Waals surface area contributed by atoms with Crippen LogP contribution in [0.5, 0.6) is 5.75 Å². The van der Waals surface area contributed by atoms with Gasteiger partial charge in [-0.05, 0) is 54.1 Å². The molecule has 0 spiro atoms. The van der Waals surface area contributed by atoms with E-state index in [9.17, 15) is 18.0 Å². The lowest BCUT2D eigenvalue weighted by Crippen LogP contribution is -2.18. The number of hydrogen-bond donors (Lipinski definition) is 3. The molecule has 0 saturated heterocycles. The summed E-state index contributed by atoms with van der Waals surface area (Å²) < 4.78 is 27.3. The van der Waals surface area contributed by atoms with E-state index in [4.69, 9.17) is 15.0 Å². The molecule has 136 valence electrons. The van der Waals surface area contributed by atoms with Crippen LogP contribution in [0.25, 0.3) is 0 Å². The van der Waals surface area contributed by atoms with Gasteiger partial charge in [0.15, 0.2) is 6.61 Å². The van der Waals surface area contributed by atoms with Crippen molar-refractivity contribution in [2.45, 2.75) is 4.90 Å². The molecule has 0 aliphatic rings. The second kappa shape index (κ2) is 8.23. The number of nitrogens with one attached hydrogen (secondary N) is 1. The van der Waals surface area contributed by atoms with Gasteiger partial charge >= 0.3 is 5.97 Å². The summed E-state index contributed by atoms with van der Waals surface area (Å²) in [4.78, 5) is 22.2. The summed E-state index contributed by atoms with van der Waals surface area (Å²) in [5, 5.41) is 17.3. The predicted octanol–water partition coefficient (Wildman–Crippen LogP) is 0.561. The Morgan fingerprint density at radius 2 is 1.73 bits per heavy atom. The van der Waals surface area contributed by atoms with Gasteiger partial charge in [0.1, 0.15) is 5.75 Å². The molecule has 1 amide bonds. The van der Waals surface area contributed by atoms with Gasteiger partial charge in [0.2, 0.25) is 10.0 Å². The summed E-state index contributed by atoms with van der Waals surface area (Å²) in [5.74, 6) is -1.21. The fourth-order valence-corrected chi connectivity index (χ4v) is 2.34. The minimum Gasteiger partial charge on any atom is -0.482 e. The number of carbonyl (C=O) groups excluding carboxylic acids is 1. The van der Waals surface area contributed by atoms with Gasteiger partial charge in [0.25, 0.3) is 5.91 Å². The van der Waals surface area contributed by atoms with Crippen molar-refractivity contribution in [1.29, 1.82) is 0 Å². The van der Waals surface area contributed by atoms with Gasteiger partial charge in [-0.15, -0.1) is 0 Å². The van der Waals surface area contributed by atoms with Crippen LogP contribution >= 0.6 is 0 Å². The average molecular weight is 377 g/mol. The number of carbonyl (C=O) groups is 2. The van der Waals surface area contributed by atoms with Gasteiger partial charge in [-0.2, -0.15) is 5.10 Å². The zero-order chi connectivity index (χ0) is 19.2. The number of sulfonamides is 1. The highest BCUT2D eigenvalue weighted by Crippen LogP contribution is 2.11. The van der Waals surface area contributed by atoms with Crippen LogP contribution in [-0.4, -0.2) is 38.2 Å². The van der Waals surface area contributed by atoms with Gasteiger partial charge in [0, 0.05) is 5.56 Å². The molecule has 0 saturated carbocycles. The van der Waals surface area contributed by atoms with Gasteiger partial charge in [0.05, 0.1) is 11.1 Å². The third-order valence-electron chi connectivity index (χ3n) is 3.07. The topological polar surface area (TPSA) is 148 Å². The molecular formula is C16H15N3O6S. The largest absolute Gasteiger partial charge is 0.482 e. The summed E-state index contributed by atoms with van der Waals surface area (Å²) in [7, 11) is -3.81. The van der Waals surface area contributed by atoms with Gasteiger partial charge in [-0.3, -0.25) is 4.79 Å². The molecule has 9 nitrogen and oxygen atoms in total. The fourth-order valence-electron chi connectivity index (χ4n) is 1.82. The Morgan fingerprint density at radius 1 is 1.12 bits per heavy atom. The normalized spacial score (nSPS) is 11.3. The second-order valence-corrected chi connectivity index (χ2v) is 6.58. The number of carboxylic acid groups (broad SMARTS) is 1. The number of amides is 1. The fraction of sp³-hybridized carbons (Fsp3) is 0.0625. The van der Waals surface area contributed by atoms with E-state index >= 15 is 0 Å². The molecule has 0 aliphatic heterocycles. The van der Waals surface area contributed by atoms with E-state index in [1.54, 1.807) is 24.3 Å². The third-order valence-corrected chi connectivity index (χ3v) is 4.00. The molecule has 2 aromatic rings. The van der Waals surface area contributed by atoms with Crippen LogP contribution in [0, 0.1) is 0 Å². The van der Waals surface area contributed by atoms with Crippen molar-refractivity contribution in [3.63, 3.8) is 0 Å². The number of hydrogen-bond acceptors (Lipinski definition) is 6. The standard InChI is InChI=1S/C16H15N3O6S/c17-26(23,24)14-7-3-12(4-8-14)16(22)19-18-9-11-1-5-13(6-2-11)25-10-15(20)21/h1-9H,10H2,(H,19,22)(H,20,21)(H2,17,23,24). The summed E-state index contributed by atoms with van der Waals surface area (Å²) in [6, 6.07) is 11.5. The first-order chi connectivity index (χ1) is 12.3. The number of carboxylic acids is 1. The van der Waals surface area contributed by atoms with E-state index in [2.05, 4.69) is 10.5 Å². The molecule has 0 radical (unpaired) electrons. The second-order valence-electron chi connectivity index (χ2n) is 5.02. The number of hydrazone groups is 1. The molecule has 0 unspecified atom stereocenters. The van der Waals surface area contributed by atoms with E-state index in [0.717, 1.165) is 0 Å². The molecule has 2 rings (SSSR count). The van der Waals surface area contributed by atoms with Crippen molar-refractivity contribution < 1.29 is 27.9 Å². The van der Waals surface area contributed by atoms with E-state index in [0.29, 0.717) is 11.3 Å². The highest BCUT2D eigenvalue weighted by atomic mass is 32.2. The Labute approximate surface area is 149 Å². The number of ether oxygens (including phenoxy) is 1. The smallest absolute Gasteiger partial charge is 0.341 e. The van der Waals surface area contributed by atoms with Crippen LogP contribution in [0.2, 0.25) is 0 Å². The van der Waals surface area contributed by atoms with E-state index in [1.165, 1.54) is 30.5 Å². The Balaban J connectivity index is 1.93. The van der Waals surface area contributed by atoms with Crippen LogP contribution in [0.1, 0.15) is 15.9 Å². The van der Waals surface area contributed by atoms with Crippen LogP contribution in [0.3, 0.4) is 0 Å². The Bertz CT molecular complexity index is 921. The summed E-state index contributed by atoms with van der Waals surface area (Å²) in [5.41, 5.74) is 3.17. The monoisotopic (exact) mass is 377 g/mol. The Kier molecular flexibility index (Phi) is 6.04. The highest BCUT2D eigenvalue weighted by molar-refractivity contribution is 7.89. The van der Waals surface area contributed by atoms with Crippen molar-refractivity contribution in [2.75, 3.05) is 6.61 Å². The molecule has 0 aliphatic carbocycles. The summed E-state index contributed by atoms with van der Waals surface area (Å²) in [6.45, 7) is -0.437. The van der Waals surface area contributed by atoms with Crippen LogP contribution < -0.4 is 15.3 Å². The van der Waals surface area contributed by atoms with Gasteiger partial charge in [-0.25, -0.2) is 23.8 Å². The first-order valence-corrected chi connectivity index (χ1v) is 8.71. The number of nitrogens with two attached hydrogens (primary N) is 1. The van der Waals surface area contributed by atoms with Crippen molar-refractivity contribution in [3.05, 3.63) is 59.7 Å². The Hall–Kier alpha value is -3.24. The van der Waals surface area contributed by atoms with Crippen LogP contribution in [0.15, 0.2) is 58.5 Å². The van der Waals surface area contributed by atoms with Crippen molar-refractivity contribution in [3.8, 4) is 5.75 Å². The molecule has 2 aromatic carbocycles. The molecule has 0 bridgehead atoms. The maximum atomic E-state index is 11.9. The van der Waals surface area contributed by atoms with E-state index in [-0.39, 0.29) is 10.5 Å². The van der Waals surface area contributed by atoms with Crippen molar-refractivity contribution in [2.24, 2.45) is 10.2 Å². The zero-order valence-electron chi connectivity index (χ0n) is 13.3. The summed E-state index contributed by atoms with van der Waals surface area (Å²) in [6.07, 6.45) is 1.39. The minimum absolute atomic E-state index is 0.0947. The third kappa shape index (κ3) is 5.69. The molecule has 0 heterocycles. The quantitative estimate of drug-likeness (QED) is 0.474. The van der Waals surface area contributed by atoms with Crippen LogP contribution in [-0.2, 0) is 14.8 Å². The van der Waals surface area contributed by atoms with Crippen molar-refractivity contribution in [1.82, 2.24) is 5.43 Å². The van der Waals surface area contributed by atoms with E-state index < -0.39 is 28.5 Å². The zero-order valence-corrected chi connectivity index (χ0v) is 14.1. The molecule has 10 heteroatoms. The number of rotatable bonds is 7. The molecular weight excluding hydrogens is 362 g/mol. The molecule has 26 heavy (non-hydrogen) atoms. The van der Waals surface area contributed by atoms with Crippen LogP contribution in [0.4, 0.5) is 0 Å². The molecule has 0 atom stereocenters. The maximum absolute atomic E-state index is 11.9. The molecule has 0 fully saturated rings. The molecule has 0 aromatic heterocycles. The summed E-state index contributed by atoms with van der Waals surface area (Å²) >= 11 is 0. The SMILES string of the molecule is NS(=O)(=O)c1ccc(C(=O)NN=Cc2ccc(OCC(=O)O)cc2)cc1. The number of aliphatic carboxylic acids is 1. The minimum atomic E-state index is -3.81. The average Bonchev–Trinajstić information content (AvgIpc) is 2.60. The lowest BCUT2D eigenvalue weighted by Gasteiger charge is -2.03. The predicted molar refractivity (Wildman–Crippen MR) is 92.4 cm³/mol. The Morgan fingerprint density at radius 3 is 2.27 bits per heavy atom. The van der Waals surface area contributed by atoms with Gasteiger partial charge in [-0.1, -0.05) is 0 Å². The highest BCUT2D eigenvalue weighted by Gasteiger charge is 2.09. The van der Waals surface area contributed by atoms with Crippen molar-refractivity contribution >= 4 is 28.1 Å². The van der Waals surface area contributed by atoms with Gasteiger partial charge < -0.3 is 9.84 Å². The first-order valence-electron chi connectivity index (χ1n) is 7.16. The van der Waals surface area contributed by atoms with E-state index in [1.807, 2.05) is 0 Å². The number of benzene rings is 2. The number of nitrogens with zero attached hydrogens (tertiary/aromatic N) is 1. The first kappa shape index (κ1) is 19.1. The maximum Gasteiger partial charge on any atom is 0.341 e. The number of primary sulfonamides is 1. The lowest BCUT2D eigenvalue weighted by molar-refractivity contribution is -0.139. The lowest BCUT2D eigenvalue weighted by atomic mass is 10.2.